The van der Waals surface area contributed by atoms with E-state index in [-0.39, 0.29) is 6.61 Å². The molecule has 1 aromatic heterocycles. The number of methoxy groups -OCH3 is 1. The Morgan fingerprint density at radius 2 is 1.80 bits per heavy atom. The molecule has 0 spiro atoms. The van der Waals surface area contributed by atoms with Gasteiger partial charge in [-0.1, -0.05) is 29.8 Å². The first kappa shape index (κ1) is 14.7. The molecule has 108 valence electrons. The number of aliphatic hydroxyl groups excluding tert-OH is 1. The first-order valence-electron chi connectivity index (χ1n) is 6.81. The molecule has 2 aromatic rings. The number of aliphatic hydroxyl groups is 1. The molecule has 0 aliphatic rings. The third-order valence-electron chi connectivity index (χ3n) is 3.32. The lowest BCUT2D eigenvalue weighted by molar-refractivity contribution is 0.181. The molecule has 1 aromatic carbocycles. The second kappa shape index (κ2) is 7.17. The van der Waals surface area contributed by atoms with Crippen molar-refractivity contribution in [1.29, 1.82) is 0 Å². The van der Waals surface area contributed by atoms with E-state index in [9.17, 15) is 5.11 Å². The van der Waals surface area contributed by atoms with Crippen LogP contribution in [0, 0.1) is 6.92 Å². The fourth-order valence-corrected chi connectivity index (χ4v) is 2.13. The summed E-state index contributed by atoms with van der Waals surface area (Å²) in [7, 11) is 1.66. The Morgan fingerprint density at radius 1 is 1.10 bits per heavy atom. The molecule has 0 saturated carbocycles. The van der Waals surface area contributed by atoms with Crippen molar-refractivity contribution < 1.29 is 9.84 Å². The van der Waals surface area contributed by atoms with Gasteiger partial charge in [0.2, 0.25) is 0 Å². The molecule has 0 saturated heterocycles. The molecule has 0 amide bonds. The van der Waals surface area contributed by atoms with E-state index in [4.69, 9.17) is 4.74 Å². The molecule has 20 heavy (non-hydrogen) atoms. The molecular formula is C15H21N3O2. The van der Waals surface area contributed by atoms with Crippen molar-refractivity contribution in [3.05, 3.63) is 47.0 Å². The van der Waals surface area contributed by atoms with E-state index >= 15 is 0 Å². The van der Waals surface area contributed by atoms with E-state index in [0.29, 0.717) is 19.0 Å². The molecule has 1 heterocycles. The van der Waals surface area contributed by atoms with Gasteiger partial charge in [-0.3, -0.25) is 0 Å². The highest BCUT2D eigenvalue weighted by Gasteiger charge is 2.11. The van der Waals surface area contributed by atoms with Crippen molar-refractivity contribution in [1.82, 2.24) is 14.8 Å². The zero-order chi connectivity index (χ0) is 14.4. The van der Waals surface area contributed by atoms with Gasteiger partial charge in [-0.15, -0.1) is 10.2 Å². The van der Waals surface area contributed by atoms with Crippen molar-refractivity contribution >= 4 is 0 Å². The van der Waals surface area contributed by atoms with Crippen molar-refractivity contribution in [3.8, 4) is 0 Å². The summed E-state index contributed by atoms with van der Waals surface area (Å²) in [4.78, 5) is 0. The van der Waals surface area contributed by atoms with Gasteiger partial charge >= 0.3 is 0 Å². The number of nitrogens with zero attached hydrogens (tertiary/aromatic N) is 3. The average Bonchev–Trinajstić information content (AvgIpc) is 2.86. The molecule has 5 heteroatoms. The normalized spacial score (nSPS) is 10.9. The minimum absolute atomic E-state index is 0.0960. The number of hydrogen-bond donors (Lipinski definition) is 1. The number of aryl methyl sites for hydroxylation is 3. The zero-order valence-corrected chi connectivity index (χ0v) is 12.0. The van der Waals surface area contributed by atoms with Gasteiger partial charge in [0.05, 0.1) is 6.61 Å². The Morgan fingerprint density at radius 3 is 2.45 bits per heavy atom. The van der Waals surface area contributed by atoms with Crippen LogP contribution in [0.1, 0.15) is 22.8 Å². The van der Waals surface area contributed by atoms with Crippen LogP contribution in [0.5, 0.6) is 0 Å². The number of aromatic nitrogens is 3. The monoisotopic (exact) mass is 275 g/mol. The molecule has 0 aliphatic carbocycles. The molecule has 0 radical (unpaired) electrons. The van der Waals surface area contributed by atoms with Gasteiger partial charge in [-0.05, 0) is 18.9 Å². The Bertz CT molecular complexity index is 535. The molecule has 2 rings (SSSR count). The van der Waals surface area contributed by atoms with Crippen LogP contribution >= 0.6 is 0 Å². The fraction of sp³-hybridized carbons (Fsp3) is 0.467. The van der Waals surface area contributed by atoms with E-state index in [1.54, 1.807) is 7.11 Å². The van der Waals surface area contributed by atoms with E-state index in [1.165, 1.54) is 11.1 Å². The van der Waals surface area contributed by atoms with Crippen LogP contribution in [0.25, 0.3) is 0 Å². The van der Waals surface area contributed by atoms with Gasteiger partial charge in [0.15, 0.2) is 5.82 Å². The fourth-order valence-electron chi connectivity index (χ4n) is 2.13. The lowest BCUT2D eigenvalue weighted by Gasteiger charge is -2.08. The van der Waals surface area contributed by atoms with Crippen molar-refractivity contribution in [2.24, 2.45) is 0 Å². The smallest absolute Gasteiger partial charge is 0.158 e. The summed E-state index contributed by atoms with van der Waals surface area (Å²) in [6, 6.07) is 8.50. The van der Waals surface area contributed by atoms with Crippen LogP contribution in [0.2, 0.25) is 0 Å². The van der Waals surface area contributed by atoms with Crippen LogP contribution in [-0.2, 0) is 30.7 Å². The van der Waals surface area contributed by atoms with Gasteiger partial charge in [0, 0.05) is 20.1 Å². The summed E-state index contributed by atoms with van der Waals surface area (Å²) < 4.78 is 7.03. The van der Waals surface area contributed by atoms with E-state index in [1.807, 2.05) is 4.57 Å². The van der Waals surface area contributed by atoms with Gasteiger partial charge in [0.1, 0.15) is 12.4 Å². The summed E-state index contributed by atoms with van der Waals surface area (Å²) in [6.07, 6.45) is 1.72. The van der Waals surface area contributed by atoms with Gasteiger partial charge < -0.3 is 14.4 Å². The summed E-state index contributed by atoms with van der Waals surface area (Å²) in [6.45, 7) is 3.24. The molecule has 0 aliphatic heterocycles. The highest BCUT2D eigenvalue weighted by molar-refractivity contribution is 5.21. The molecule has 0 fully saturated rings. The predicted octanol–water partition coefficient (Wildman–Crippen LogP) is 1.51. The van der Waals surface area contributed by atoms with Crippen LogP contribution in [-0.4, -0.2) is 33.6 Å². The maximum Gasteiger partial charge on any atom is 0.158 e. The quantitative estimate of drug-likeness (QED) is 0.832. The summed E-state index contributed by atoms with van der Waals surface area (Å²) >= 11 is 0. The molecule has 0 bridgehead atoms. The Kier molecular flexibility index (Phi) is 5.26. The second-order valence-corrected chi connectivity index (χ2v) is 4.82. The molecular weight excluding hydrogens is 254 g/mol. The predicted molar refractivity (Wildman–Crippen MR) is 76.4 cm³/mol. The highest BCUT2D eigenvalue weighted by Crippen LogP contribution is 2.09. The van der Waals surface area contributed by atoms with Crippen molar-refractivity contribution in [2.45, 2.75) is 32.9 Å². The number of hydrogen-bond acceptors (Lipinski definition) is 4. The number of benzene rings is 1. The lowest BCUT2D eigenvalue weighted by atomic mass is 10.1. The summed E-state index contributed by atoms with van der Waals surface area (Å²) in [5, 5.41) is 17.5. The van der Waals surface area contributed by atoms with Gasteiger partial charge in [-0.2, -0.15) is 0 Å². The maximum absolute atomic E-state index is 9.28. The minimum atomic E-state index is -0.0960. The van der Waals surface area contributed by atoms with Crippen molar-refractivity contribution in [3.63, 3.8) is 0 Å². The van der Waals surface area contributed by atoms with Crippen LogP contribution in [0.4, 0.5) is 0 Å². The summed E-state index contributed by atoms with van der Waals surface area (Å²) in [5.41, 5.74) is 2.54. The minimum Gasteiger partial charge on any atom is -0.388 e. The summed E-state index contributed by atoms with van der Waals surface area (Å²) in [5.74, 6) is 1.49. The highest BCUT2D eigenvalue weighted by atomic mass is 16.5. The third kappa shape index (κ3) is 3.65. The van der Waals surface area contributed by atoms with Gasteiger partial charge in [-0.25, -0.2) is 0 Å². The largest absolute Gasteiger partial charge is 0.388 e. The number of ether oxygens (including phenoxy) is 1. The molecule has 0 atom stereocenters. The molecule has 5 nitrogen and oxygen atoms in total. The molecule has 1 N–H and O–H groups in total. The van der Waals surface area contributed by atoms with Gasteiger partial charge in [0.25, 0.3) is 0 Å². The average molecular weight is 275 g/mol. The zero-order valence-electron chi connectivity index (χ0n) is 12.0. The SMILES string of the molecule is COCCn1c(CO)nnc1CCc1ccc(C)cc1. The Balaban J connectivity index is 2.04. The lowest BCUT2D eigenvalue weighted by Crippen LogP contribution is -2.12. The Labute approximate surface area is 119 Å². The van der Waals surface area contributed by atoms with Crippen LogP contribution in [0.3, 0.4) is 0 Å². The standard InChI is InChI=1S/C15H21N3O2/c1-12-3-5-13(6-4-12)7-8-14-16-17-15(11-19)18(14)9-10-20-2/h3-6,19H,7-11H2,1-2H3. The molecule has 0 unspecified atom stereocenters. The van der Waals surface area contributed by atoms with E-state index in [2.05, 4.69) is 41.4 Å². The van der Waals surface area contributed by atoms with E-state index < -0.39 is 0 Å². The van der Waals surface area contributed by atoms with Crippen molar-refractivity contribution in [2.75, 3.05) is 13.7 Å². The second-order valence-electron chi connectivity index (χ2n) is 4.82. The Hall–Kier alpha value is -1.72. The first-order valence-corrected chi connectivity index (χ1v) is 6.81. The first-order chi connectivity index (χ1) is 9.74. The number of rotatable bonds is 7. The topological polar surface area (TPSA) is 60.2 Å². The van der Waals surface area contributed by atoms with E-state index in [0.717, 1.165) is 18.7 Å². The maximum atomic E-state index is 9.28. The van der Waals surface area contributed by atoms with Crippen LogP contribution < -0.4 is 0 Å². The third-order valence-corrected chi connectivity index (χ3v) is 3.32. The van der Waals surface area contributed by atoms with Crippen LogP contribution in [0.15, 0.2) is 24.3 Å².